The molecular formula is C7H14N2O4. The first-order valence-electron chi connectivity index (χ1n) is 3.88. The first-order chi connectivity index (χ1) is 5.99. The fourth-order valence-corrected chi connectivity index (χ4v) is 0.690. The van der Waals surface area contributed by atoms with E-state index in [1.165, 1.54) is 6.92 Å². The van der Waals surface area contributed by atoms with Crippen molar-refractivity contribution in [3.8, 4) is 0 Å². The van der Waals surface area contributed by atoms with Crippen LogP contribution >= 0.6 is 0 Å². The Balaban J connectivity index is 4.10. The SMILES string of the molecule is C[C@H](N)C(=O)N[C@H](CCO)C(=O)O. The number of aliphatic carboxylic acids is 1. The zero-order valence-corrected chi connectivity index (χ0v) is 7.36. The van der Waals surface area contributed by atoms with Crippen molar-refractivity contribution in [2.45, 2.75) is 25.4 Å². The molecule has 6 nitrogen and oxygen atoms in total. The van der Waals surface area contributed by atoms with Gasteiger partial charge in [0.1, 0.15) is 6.04 Å². The molecule has 2 atom stereocenters. The minimum absolute atomic E-state index is 0.0200. The second kappa shape index (κ2) is 5.50. The summed E-state index contributed by atoms with van der Waals surface area (Å²) in [6.07, 6.45) is -0.0200. The monoisotopic (exact) mass is 190 g/mol. The van der Waals surface area contributed by atoms with Crippen LogP contribution in [0.1, 0.15) is 13.3 Å². The maximum atomic E-state index is 11.0. The zero-order valence-electron chi connectivity index (χ0n) is 7.36. The van der Waals surface area contributed by atoms with E-state index in [9.17, 15) is 9.59 Å². The fraction of sp³-hybridized carbons (Fsp3) is 0.714. The topological polar surface area (TPSA) is 113 Å². The van der Waals surface area contributed by atoms with E-state index in [2.05, 4.69) is 5.32 Å². The van der Waals surface area contributed by atoms with Crippen LogP contribution in [-0.4, -0.2) is 40.8 Å². The van der Waals surface area contributed by atoms with Gasteiger partial charge in [0, 0.05) is 13.0 Å². The number of hydrogen-bond donors (Lipinski definition) is 4. The average molecular weight is 190 g/mol. The highest BCUT2D eigenvalue weighted by Gasteiger charge is 2.20. The molecule has 0 spiro atoms. The van der Waals surface area contributed by atoms with Gasteiger partial charge in [0.05, 0.1) is 6.04 Å². The van der Waals surface area contributed by atoms with Gasteiger partial charge in [0.2, 0.25) is 5.91 Å². The van der Waals surface area contributed by atoms with E-state index < -0.39 is 24.0 Å². The Labute approximate surface area is 75.7 Å². The molecule has 0 heterocycles. The molecule has 5 N–H and O–H groups in total. The largest absolute Gasteiger partial charge is 0.480 e. The third-order valence-corrected chi connectivity index (χ3v) is 1.45. The van der Waals surface area contributed by atoms with E-state index in [0.717, 1.165) is 0 Å². The van der Waals surface area contributed by atoms with Gasteiger partial charge >= 0.3 is 5.97 Å². The van der Waals surface area contributed by atoms with E-state index in [-0.39, 0.29) is 13.0 Å². The van der Waals surface area contributed by atoms with Crippen molar-refractivity contribution in [2.24, 2.45) is 5.73 Å². The van der Waals surface area contributed by atoms with Crippen LogP contribution in [0.15, 0.2) is 0 Å². The Bertz CT molecular complexity index is 193. The average Bonchev–Trinajstić information content (AvgIpc) is 2.03. The molecular weight excluding hydrogens is 176 g/mol. The highest BCUT2D eigenvalue weighted by molar-refractivity contribution is 5.86. The molecule has 0 unspecified atom stereocenters. The fourth-order valence-electron chi connectivity index (χ4n) is 0.690. The summed E-state index contributed by atoms with van der Waals surface area (Å²) in [6, 6.07) is -1.82. The van der Waals surface area contributed by atoms with Crippen molar-refractivity contribution in [3.05, 3.63) is 0 Å². The maximum absolute atomic E-state index is 11.0. The molecule has 0 bridgehead atoms. The second-order valence-electron chi connectivity index (χ2n) is 2.70. The molecule has 0 saturated heterocycles. The molecule has 1 amide bonds. The molecule has 0 aliphatic carbocycles. The van der Waals surface area contributed by atoms with Crippen LogP contribution in [0.2, 0.25) is 0 Å². The Morgan fingerprint density at radius 3 is 2.38 bits per heavy atom. The summed E-state index contributed by atoms with van der Waals surface area (Å²) >= 11 is 0. The van der Waals surface area contributed by atoms with Gasteiger partial charge in [-0.1, -0.05) is 0 Å². The van der Waals surface area contributed by atoms with Crippen LogP contribution in [-0.2, 0) is 9.59 Å². The summed E-state index contributed by atoms with van der Waals surface area (Å²) < 4.78 is 0. The van der Waals surface area contributed by atoms with Gasteiger partial charge in [-0.25, -0.2) is 4.79 Å². The van der Waals surface area contributed by atoms with Crippen LogP contribution in [0.3, 0.4) is 0 Å². The van der Waals surface area contributed by atoms with Crippen molar-refractivity contribution in [3.63, 3.8) is 0 Å². The number of nitrogens with one attached hydrogen (secondary N) is 1. The molecule has 76 valence electrons. The van der Waals surface area contributed by atoms with Crippen LogP contribution in [0.5, 0.6) is 0 Å². The van der Waals surface area contributed by atoms with Gasteiger partial charge in [-0.15, -0.1) is 0 Å². The van der Waals surface area contributed by atoms with Crippen molar-refractivity contribution >= 4 is 11.9 Å². The maximum Gasteiger partial charge on any atom is 0.326 e. The highest BCUT2D eigenvalue weighted by Crippen LogP contribution is 1.92. The predicted octanol–water partition coefficient (Wildman–Crippen LogP) is -1.71. The lowest BCUT2D eigenvalue weighted by Crippen LogP contribution is -2.47. The van der Waals surface area contributed by atoms with Gasteiger partial charge < -0.3 is 21.3 Å². The number of carbonyl (C=O) groups is 2. The van der Waals surface area contributed by atoms with Gasteiger partial charge in [-0.2, -0.15) is 0 Å². The summed E-state index contributed by atoms with van der Waals surface area (Å²) in [5.41, 5.74) is 5.21. The number of rotatable bonds is 5. The number of carboxylic acids is 1. The van der Waals surface area contributed by atoms with Crippen molar-refractivity contribution in [1.29, 1.82) is 0 Å². The van der Waals surface area contributed by atoms with Crippen LogP contribution in [0.25, 0.3) is 0 Å². The second-order valence-corrected chi connectivity index (χ2v) is 2.70. The van der Waals surface area contributed by atoms with E-state index in [1.807, 2.05) is 0 Å². The van der Waals surface area contributed by atoms with E-state index in [4.69, 9.17) is 15.9 Å². The summed E-state index contributed by atoms with van der Waals surface area (Å²) in [7, 11) is 0. The Hall–Kier alpha value is -1.14. The molecule has 0 aromatic carbocycles. The lowest BCUT2D eigenvalue weighted by atomic mass is 10.2. The Kier molecular flexibility index (Phi) is 5.01. The predicted molar refractivity (Wildman–Crippen MR) is 44.9 cm³/mol. The first-order valence-corrected chi connectivity index (χ1v) is 3.88. The molecule has 0 aliphatic rings. The number of amides is 1. The molecule has 0 saturated carbocycles. The molecule has 0 aromatic rings. The normalized spacial score (nSPS) is 14.7. The van der Waals surface area contributed by atoms with Crippen molar-refractivity contribution in [2.75, 3.05) is 6.61 Å². The number of nitrogens with two attached hydrogens (primary N) is 1. The number of aliphatic hydroxyl groups is 1. The summed E-state index contributed by atoms with van der Waals surface area (Å²) in [5.74, 6) is -1.72. The number of carboxylic acid groups (broad SMARTS) is 1. The first kappa shape index (κ1) is 11.9. The molecule has 6 heteroatoms. The minimum Gasteiger partial charge on any atom is -0.480 e. The summed E-state index contributed by atoms with van der Waals surface area (Å²) in [6.45, 7) is 1.16. The number of aliphatic hydroxyl groups excluding tert-OH is 1. The van der Waals surface area contributed by atoms with Crippen molar-refractivity contribution in [1.82, 2.24) is 5.32 Å². The number of carbonyl (C=O) groups excluding carboxylic acids is 1. The standard InChI is InChI=1S/C7H14N2O4/c1-4(8)6(11)9-5(2-3-10)7(12)13/h4-5,10H,2-3,8H2,1H3,(H,9,11)(H,12,13)/t4-,5+/m0/s1. The lowest BCUT2D eigenvalue weighted by Gasteiger charge is -2.14. The minimum atomic E-state index is -1.18. The summed E-state index contributed by atoms with van der Waals surface area (Å²) in [5, 5.41) is 19.3. The van der Waals surface area contributed by atoms with Gasteiger partial charge in [0.25, 0.3) is 0 Å². The molecule has 0 fully saturated rings. The van der Waals surface area contributed by atoms with E-state index >= 15 is 0 Å². The molecule has 0 aromatic heterocycles. The van der Waals surface area contributed by atoms with Gasteiger partial charge in [-0.3, -0.25) is 4.79 Å². The van der Waals surface area contributed by atoms with Crippen LogP contribution < -0.4 is 11.1 Å². The van der Waals surface area contributed by atoms with Gasteiger partial charge in [-0.05, 0) is 6.92 Å². The van der Waals surface area contributed by atoms with E-state index in [1.54, 1.807) is 0 Å². The Morgan fingerprint density at radius 1 is 1.54 bits per heavy atom. The number of hydrogen-bond acceptors (Lipinski definition) is 4. The lowest BCUT2D eigenvalue weighted by molar-refractivity contribution is -0.142. The smallest absolute Gasteiger partial charge is 0.326 e. The molecule has 0 radical (unpaired) electrons. The third kappa shape index (κ3) is 4.44. The quantitative estimate of drug-likeness (QED) is 0.412. The van der Waals surface area contributed by atoms with E-state index in [0.29, 0.717) is 0 Å². The molecule has 0 aliphatic heterocycles. The van der Waals surface area contributed by atoms with Crippen LogP contribution in [0, 0.1) is 0 Å². The third-order valence-electron chi connectivity index (χ3n) is 1.45. The Morgan fingerprint density at radius 2 is 2.08 bits per heavy atom. The highest BCUT2D eigenvalue weighted by atomic mass is 16.4. The molecule has 0 rings (SSSR count). The summed E-state index contributed by atoms with van der Waals surface area (Å²) in [4.78, 5) is 21.4. The molecule has 13 heavy (non-hydrogen) atoms. The van der Waals surface area contributed by atoms with Crippen molar-refractivity contribution < 1.29 is 19.8 Å². The van der Waals surface area contributed by atoms with Gasteiger partial charge in [0.15, 0.2) is 0 Å². The van der Waals surface area contributed by atoms with Crippen LogP contribution in [0.4, 0.5) is 0 Å². The zero-order chi connectivity index (χ0) is 10.4.